The molecule has 5 aromatic heterocycles. The number of rotatable bonds is 5. The second kappa shape index (κ2) is 14.8. The number of carboxylic acids is 2. The summed E-state index contributed by atoms with van der Waals surface area (Å²) in [5, 5.41) is 28.1. The first-order valence-electron chi connectivity index (χ1n) is 13.9. The third kappa shape index (κ3) is 8.02. The number of halogens is 4. The average Bonchev–Trinajstić information content (AvgIpc) is 3.79. The Morgan fingerprint density at radius 3 is 2.04 bits per heavy atom. The van der Waals surface area contributed by atoms with Crippen molar-refractivity contribution in [2.75, 3.05) is 12.4 Å². The van der Waals surface area contributed by atoms with Gasteiger partial charge in [0.25, 0.3) is 0 Å². The van der Waals surface area contributed by atoms with E-state index >= 15 is 0 Å². The molecule has 0 saturated heterocycles. The lowest BCUT2D eigenvalue weighted by Gasteiger charge is -2.09. The minimum atomic E-state index is -5.08. The van der Waals surface area contributed by atoms with Crippen LogP contribution >= 0.6 is 34.3 Å². The molecule has 250 valence electrons. The van der Waals surface area contributed by atoms with Crippen molar-refractivity contribution in [1.29, 1.82) is 0 Å². The molecule has 0 fully saturated rings. The molecule has 3 N–H and O–H groups in total. The standard InChI is InChI=1S/C18H13N3O2S.C13H8ClNO2S.C2HF3O2/c22-18(23)12-3-4-13-15(8-12)21-17(14-5-7-24-16(13)14)20-10-11-2-1-6-19-9-11;1-17-13(16)7-2-3-8-10(6-7)15-12(14)9-4-5-18-11(8)9;3-2(4,5)1(6)7/h1-9H,10H2,(H,20,21)(H,22,23);2-6H,1H3;(H,6,7). The quantitative estimate of drug-likeness (QED) is 0.116. The van der Waals surface area contributed by atoms with Crippen molar-refractivity contribution in [2.45, 2.75) is 12.7 Å². The van der Waals surface area contributed by atoms with Gasteiger partial charge in [0.1, 0.15) is 11.0 Å². The number of hydrogen-bond acceptors (Lipinski definition) is 10. The maximum Gasteiger partial charge on any atom is 0.490 e. The van der Waals surface area contributed by atoms with Crippen LogP contribution < -0.4 is 5.32 Å². The van der Waals surface area contributed by atoms with Crippen molar-refractivity contribution < 1.29 is 42.5 Å². The van der Waals surface area contributed by atoms with Crippen LogP contribution in [-0.2, 0) is 16.1 Å². The number of aliphatic carboxylic acids is 1. The highest BCUT2D eigenvalue weighted by atomic mass is 35.5. The number of carbonyl (C=O) groups excluding carboxylic acids is 1. The third-order valence-corrected chi connectivity index (χ3v) is 9.02. The molecule has 7 aromatic rings. The maximum atomic E-state index is 11.5. The summed E-state index contributed by atoms with van der Waals surface area (Å²) in [6.07, 6.45) is -1.54. The minimum Gasteiger partial charge on any atom is -0.478 e. The van der Waals surface area contributed by atoms with Gasteiger partial charge in [-0.05, 0) is 58.8 Å². The highest BCUT2D eigenvalue weighted by Gasteiger charge is 2.38. The Hall–Kier alpha value is -5.38. The van der Waals surface area contributed by atoms with Crippen LogP contribution in [0.4, 0.5) is 19.0 Å². The molecule has 5 heterocycles. The number of ether oxygens (including phenoxy) is 1. The Balaban J connectivity index is 0.000000165. The number of fused-ring (bicyclic) bond motifs is 6. The highest BCUT2D eigenvalue weighted by molar-refractivity contribution is 7.18. The van der Waals surface area contributed by atoms with E-state index in [1.165, 1.54) is 7.11 Å². The highest BCUT2D eigenvalue weighted by Crippen LogP contribution is 2.35. The molecule has 0 saturated carbocycles. The van der Waals surface area contributed by atoms with Crippen LogP contribution in [0.3, 0.4) is 0 Å². The summed E-state index contributed by atoms with van der Waals surface area (Å²) < 4.78 is 38.6. The summed E-state index contributed by atoms with van der Waals surface area (Å²) in [4.78, 5) is 44.6. The van der Waals surface area contributed by atoms with Gasteiger partial charge >= 0.3 is 24.1 Å². The predicted molar refractivity (Wildman–Crippen MR) is 183 cm³/mol. The number of thiophene rings is 2. The Morgan fingerprint density at radius 2 is 1.45 bits per heavy atom. The van der Waals surface area contributed by atoms with E-state index in [1.54, 1.807) is 59.3 Å². The van der Waals surface area contributed by atoms with E-state index in [-0.39, 0.29) is 11.5 Å². The van der Waals surface area contributed by atoms with Gasteiger partial charge in [-0.25, -0.2) is 24.4 Å². The van der Waals surface area contributed by atoms with Gasteiger partial charge in [0, 0.05) is 49.9 Å². The number of hydrogen-bond donors (Lipinski definition) is 3. The van der Waals surface area contributed by atoms with Crippen LogP contribution in [0.1, 0.15) is 26.3 Å². The molecule has 0 bridgehead atoms. The van der Waals surface area contributed by atoms with Crippen LogP contribution in [0.25, 0.3) is 42.0 Å². The first-order chi connectivity index (χ1) is 23.4. The van der Waals surface area contributed by atoms with Crippen molar-refractivity contribution in [1.82, 2.24) is 15.0 Å². The Bertz CT molecular complexity index is 2330. The number of esters is 1. The molecular formula is C33H22ClF3N4O6S2. The van der Waals surface area contributed by atoms with E-state index in [1.807, 2.05) is 47.2 Å². The lowest BCUT2D eigenvalue weighted by molar-refractivity contribution is -0.192. The summed E-state index contributed by atoms with van der Waals surface area (Å²) in [5.41, 5.74) is 3.16. The number of carbonyl (C=O) groups is 3. The lowest BCUT2D eigenvalue weighted by Crippen LogP contribution is -2.21. The van der Waals surface area contributed by atoms with Crippen LogP contribution in [0.5, 0.6) is 0 Å². The van der Waals surface area contributed by atoms with Crippen LogP contribution in [0.15, 0.2) is 83.8 Å². The summed E-state index contributed by atoms with van der Waals surface area (Å²) in [6, 6.07) is 18.2. The zero-order chi connectivity index (χ0) is 35.3. The fraction of sp³-hybridized carbons (Fsp3) is 0.0909. The van der Waals surface area contributed by atoms with Gasteiger partial charge in [-0.1, -0.05) is 29.8 Å². The van der Waals surface area contributed by atoms with E-state index in [0.717, 1.165) is 42.3 Å². The zero-order valence-corrected chi connectivity index (χ0v) is 27.4. The molecule has 0 radical (unpaired) electrons. The molecule has 0 aliphatic heterocycles. The second-order valence-electron chi connectivity index (χ2n) is 9.97. The summed E-state index contributed by atoms with van der Waals surface area (Å²) in [6.45, 7) is 0.607. The molecular weight excluding hydrogens is 705 g/mol. The first kappa shape index (κ1) is 34.9. The van der Waals surface area contributed by atoms with Gasteiger partial charge < -0.3 is 20.3 Å². The smallest absolute Gasteiger partial charge is 0.478 e. The van der Waals surface area contributed by atoms with E-state index in [9.17, 15) is 27.9 Å². The Labute approximate surface area is 287 Å². The van der Waals surface area contributed by atoms with Gasteiger partial charge in [-0.2, -0.15) is 13.2 Å². The van der Waals surface area contributed by atoms with Gasteiger partial charge in [-0.15, -0.1) is 22.7 Å². The van der Waals surface area contributed by atoms with Gasteiger partial charge in [0.05, 0.1) is 29.3 Å². The summed E-state index contributed by atoms with van der Waals surface area (Å²) in [7, 11) is 1.36. The molecule has 0 spiro atoms. The fourth-order valence-electron chi connectivity index (χ4n) is 4.56. The van der Waals surface area contributed by atoms with Crippen LogP contribution in [0, 0.1) is 0 Å². The van der Waals surface area contributed by atoms with Crippen molar-refractivity contribution in [3.05, 3.63) is 106 Å². The lowest BCUT2D eigenvalue weighted by atomic mass is 10.1. The molecule has 0 amide bonds. The third-order valence-electron chi connectivity index (χ3n) is 6.84. The largest absolute Gasteiger partial charge is 0.490 e. The molecule has 49 heavy (non-hydrogen) atoms. The molecule has 0 aliphatic rings. The molecule has 7 rings (SSSR count). The summed E-state index contributed by atoms with van der Waals surface area (Å²) >= 11 is 9.36. The van der Waals surface area contributed by atoms with Gasteiger partial charge in [0.2, 0.25) is 0 Å². The SMILES string of the molecule is COC(=O)c1ccc2c(c1)nc(Cl)c1ccsc12.O=C(O)C(F)(F)F.O=C(O)c1ccc2c(c1)nc(NCc1cccnc1)c1ccsc12. The predicted octanol–water partition coefficient (Wildman–Crippen LogP) is 8.68. The first-order valence-corrected chi connectivity index (χ1v) is 16.0. The number of nitrogens with zero attached hydrogens (tertiary/aromatic N) is 3. The van der Waals surface area contributed by atoms with Crippen LogP contribution in [0.2, 0.25) is 5.15 Å². The van der Waals surface area contributed by atoms with Crippen LogP contribution in [-0.4, -0.2) is 56.4 Å². The number of benzene rings is 2. The Morgan fingerprint density at radius 1 is 0.857 bits per heavy atom. The fourth-order valence-corrected chi connectivity index (χ4v) is 6.73. The number of aromatic nitrogens is 3. The topological polar surface area (TPSA) is 152 Å². The number of nitrogens with one attached hydrogen (secondary N) is 1. The number of anilines is 1. The molecule has 0 aliphatic carbocycles. The second-order valence-corrected chi connectivity index (χ2v) is 12.2. The zero-order valence-electron chi connectivity index (χ0n) is 25.0. The average molecular weight is 727 g/mol. The van der Waals surface area contributed by atoms with Crippen molar-refractivity contribution in [3.63, 3.8) is 0 Å². The number of pyridine rings is 3. The molecule has 10 nitrogen and oxygen atoms in total. The molecule has 2 aromatic carbocycles. The van der Waals surface area contributed by atoms with E-state index < -0.39 is 18.1 Å². The minimum absolute atomic E-state index is 0.240. The molecule has 0 unspecified atom stereocenters. The number of methoxy groups -OCH3 is 1. The molecule has 0 atom stereocenters. The van der Waals surface area contributed by atoms with Gasteiger partial charge in [-0.3, -0.25) is 4.98 Å². The Kier molecular flexibility index (Phi) is 10.6. The monoisotopic (exact) mass is 726 g/mol. The number of alkyl halides is 3. The number of carboxylic acid groups (broad SMARTS) is 2. The van der Waals surface area contributed by atoms with E-state index in [0.29, 0.717) is 28.3 Å². The van der Waals surface area contributed by atoms with Crippen molar-refractivity contribution in [3.8, 4) is 0 Å². The number of aromatic carboxylic acids is 1. The normalized spacial score (nSPS) is 11.0. The van der Waals surface area contributed by atoms with Crippen molar-refractivity contribution >= 4 is 100.0 Å². The van der Waals surface area contributed by atoms with E-state index in [2.05, 4.69) is 20.3 Å². The molecule has 16 heteroatoms. The van der Waals surface area contributed by atoms with E-state index in [4.69, 9.17) is 26.2 Å². The van der Waals surface area contributed by atoms with Crippen molar-refractivity contribution in [2.24, 2.45) is 0 Å². The summed E-state index contributed by atoms with van der Waals surface area (Å²) in [5.74, 6) is -3.33. The maximum absolute atomic E-state index is 11.5. The van der Waals surface area contributed by atoms with Gasteiger partial charge in [0.15, 0.2) is 0 Å².